The fourth-order valence-electron chi connectivity index (χ4n) is 4.10. The van der Waals surface area contributed by atoms with Crippen LogP contribution in [0.15, 0.2) is 53.4 Å². The number of carbonyl (C=O) groups excluding carboxylic acids is 2. The summed E-state index contributed by atoms with van der Waals surface area (Å²) in [6.45, 7) is 1.19. The van der Waals surface area contributed by atoms with E-state index >= 15 is 0 Å². The van der Waals surface area contributed by atoms with E-state index in [1.807, 2.05) is 47.4 Å². The van der Waals surface area contributed by atoms with Crippen LogP contribution in [0.1, 0.15) is 30.3 Å². The Hall–Kier alpha value is -2.38. The van der Waals surface area contributed by atoms with Crippen LogP contribution in [0, 0.1) is 0 Å². The summed E-state index contributed by atoms with van der Waals surface area (Å²) in [7, 11) is 0. The van der Waals surface area contributed by atoms with E-state index in [1.165, 1.54) is 0 Å². The number of rotatable bonds is 4. The molecule has 5 rings (SSSR count). The average Bonchev–Trinajstić information content (AvgIpc) is 3.39. The van der Waals surface area contributed by atoms with Crippen LogP contribution in [-0.4, -0.2) is 40.5 Å². The first kappa shape index (κ1) is 18.6. The van der Waals surface area contributed by atoms with Gasteiger partial charge in [-0.3, -0.25) is 9.59 Å². The highest BCUT2D eigenvalue weighted by Gasteiger charge is 2.33. The third kappa shape index (κ3) is 3.53. The van der Waals surface area contributed by atoms with Gasteiger partial charge in [-0.2, -0.15) is 0 Å². The molecule has 1 saturated heterocycles. The van der Waals surface area contributed by atoms with E-state index in [0.29, 0.717) is 18.7 Å². The minimum absolute atomic E-state index is 0.0554. The third-order valence-corrected chi connectivity index (χ3v) is 7.71. The van der Waals surface area contributed by atoms with Crippen molar-refractivity contribution in [1.29, 1.82) is 0 Å². The first-order valence-corrected chi connectivity index (χ1v) is 11.7. The third-order valence-electron chi connectivity index (χ3n) is 5.53. The lowest BCUT2D eigenvalue weighted by molar-refractivity contribution is -0.132. The van der Waals surface area contributed by atoms with Gasteiger partial charge in [0.05, 0.1) is 27.7 Å². The fourth-order valence-corrected chi connectivity index (χ4v) is 6.16. The number of thiazole rings is 1. The van der Waals surface area contributed by atoms with Crippen LogP contribution in [0.3, 0.4) is 0 Å². The zero-order valence-electron chi connectivity index (χ0n) is 15.9. The number of aromatic nitrogens is 1. The predicted molar refractivity (Wildman–Crippen MR) is 117 cm³/mol. The maximum Gasteiger partial charge on any atom is 0.237 e. The molecule has 3 aromatic rings. The number of para-hydroxylation sites is 2. The van der Waals surface area contributed by atoms with E-state index in [1.54, 1.807) is 28.0 Å². The Bertz CT molecular complexity index is 1050. The first-order valence-electron chi connectivity index (χ1n) is 9.88. The topological polar surface area (TPSA) is 53.5 Å². The molecular formula is C22H21N3O2S2. The van der Waals surface area contributed by atoms with Gasteiger partial charge >= 0.3 is 0 Å². The van der Waals surface area contributed by atoms with Gasteiger partial charge < -0.3 is 9.80 Å². The van der Waals surface area contributed by atoms with E-state index in [2.05, 4.69) is 6.07 Å². The van der Waals surface area contributed by atoms with Crippen LogP contribution in [0.2, 0.25) is 0 Å². The predicted octanol–water partition coefficient (Wildman–Crippen LogP) is 4.49. The average molecular weight is 424 g/mol. The Morgan fingerprint density at radius 3 is 2.86 bits per heavy atom. The summed E-state index contributed by atoms with van der Waals surface area (Å²) in [5.74, 6) is 0.615. The molecule has 0 spiro atoms. The van der Waals surface area contributed by atoms with Crippen molar-refractivity contribution in [3.05, 3.63) is 53.5 Å². The van der Waals surface area contributed by atoms with Crippen molar-refractivity contribution < 1.29 is 9.59 Å². The van der Waals surface area contributed by atoms with Crippen molar-refractivity contribution in [2.45, 2.75) is 30.2 Å². The number of fused-ring (bicyclic) bond motifs is 2. The molecule has 1 fully saturated rings. The molecule has 2 aliphatic heterocycles. The number of hydrogen-bond donors (Lipinski definition) is 0. The summed E-state index contributed by atoms with van der Waals surface area (Å²) in [6, 6.07) is 16.1. The van der Waals surface area contributed by atoms with E-state index in [-0.39, 0.29) is 17.9 Å². The lowest BCUT2D eigenvalue weighted by atomic mass is 10.2. The molecule has 29 heavy (non-hydrogen) atoms. The first-order chi connectivity index (χ1) is 14.2. The molecule has 2 aromatic carbocycles. The van der Waals surface area contributed by atoms with E-state index in [0.717, 1.165) is 45.2 Å². The highest BCUT2D eigenvalue weighted by atomic mass is 32.2. The molecule has 0 aliphatic carbocycles. The fraction of sp³-hybridized carbons (Fsp3) is 0.318. The highest BCUT2D eigenvalue weighted by molar-refractivity contribution is 8.00. The highest BCUT2D eigenvalue weighted by Crippen LogP contribution is 2.38. The Morgan fingerprint density at radius 2 is 1.97 bits per heavy atom. The van der Waals surface area contributed by atoms with Crippen LogP contribution >= 0.6 is 23.1 Å². The summed E-state index contributed by atoms with van der Waals surface area (Å²) in [4.78, 5) is 35.1. The van der Waals surface area contributed by atoms with Crippen LogP contribution in [0.4, 0.5) is 5.69 Å². The maximum absolute atomic E-state index is 13.1. The standard InChI is InChI=1S/C22H21N3O2S2/c26-20(11-13-25-16-7-2-4-10-19(16)28-14-21(25)27)24-12-5-8-17(24)22-23-15-6-1-3-9-18(15)29-22/h1-4,6-7,9-10,17H,5,8,11-14H2/t17-/m0/s1. The second-order valence-electron chi connectivity index (χ2n) is 7.32. The zero-order valence-corrected chi connectivity index (χ0v) is 17.5. The molecule has 0 radical (unpaired) electrons. The monoisotopic (exact) mass is 423 g/mol. The minimum atomic E-state index is 0.0554. The smallest absolute Gasteiger partial charge is 0.237 e. The minimum Gasteiger partial charge on any atom is -0.333 e. The number of benzene rings is 2. The molecule has 0 unspecified atom stereocenters. The van der Waals surface area contributed by atoms with E-state index in [9.17, 15) is 9.59 Å². The molecule has 3 heterocycles. The van der Waals surface area contributed by atoms with Crippen molar-refractivity contribution in [1.82, 2.24) is 9.88 Å². The van der Waals surface area contributed by atoms with Gasteiger partial charge in [-0.1, -0.05) is 24.3 Å². The SMILES string of the molecule is O=C1CSc2ccccc2N1CCC(=O)N1CCC[C@H]1c1nc2ccccc2s1. The molecule has 0 bridgehead atoms. The summed E-state index contributed by atoms with van der Waals surface area (Å²) < 4.78 is 1.16. The van der Waals surface area contributed by atoms with E-state index in [4.69, 9.17) is 4.98 Å². The molecule has 148 valence electrons. The molecule has 0 saturated carbocycles. The largest absolute Gasteiger partial charge is 0.333 e. The van der Waals surface area contributed by atoms with Gasteiger partial charge in [0.15, 0.2) is 0 Å². The lowest BCUT2D eigenvalue weighted by Crippen LogP contribution is -2.39. The van der Waals surface area contributed by atoms with Gasteiger partial charge in [0, 0.05) is 24.4 Å². The van der Waals surface area contributed by atoms with Crippen LogP contribution in [0.5, 0.6) is 0 Å². The maximum atomic E-state index is 13.1. The number of nitrogens with zero attached hydrogens (tertiary/aromatic N) is 3. The van der Waals surface area contributed by atoms with Gasteiger partial charge in [-0.25, -0.2) is 4.98 Å². The molecule has 1 aromatic heterocycles. The van der Waals surface area contributed by atoms with Gasteiger partial charge in [-0.15, -0.1) is 23.1 Å². The second-order valence-corrected chi connectivity index (χ2v) is 9.40. The van der Waals surface area contributed by atoms with Crippen LogP contribution in [-0.2, 0) is 9.59 Å². The summed E-state index contributed by atoms with van der Waals surface area (Å²) >= 11 is 3.25. The number of amides is 2. The van der Waals surface area contributed by atoms with Crippen molar-refractivity contribution >= 4 is 50.8 Å². The number of hydrogen-bond acceptors (Lipinski definition) is 5. The van der Waals surface area contributed by atoms with Crippen molar-refractivity contribution in [2.24, 2.45) is 0 Å². The molecule has 2 aliphatic rings. The number of carbonyl (C=O) groups is 2. The number of anilines is 1. The second kappa shape index (κ2) is 7.80. The molecule has 1 atom stereocenters. The number of likely N-dealkylation sites (tertiary alicyclic amines) is 1. The Kier molecular flexibility index (Phi) is 5.01. The summed E-state index contributed by atoms with van der Waals surface area (Å²) in [5.41, 5.74) is 1.92. The van der Waals surface area contributed by atoms with Gasteiger partial charge in [-0.05, 0) is 37.1 Å². The van der Waals surface area contributed by atoms with Crippen LogP contribution < -0.4 is 4.90 Å². The summed E-state index contributed by atoms with van der Waals surface area (Å²) in [5, 5.41) is 1.02. The summed E-state index contributed by atoms with van der Waals surface area (Å²) in [6.07, 6.45) is 2.29. The van der Waals surface area contributed by atoms with Crippen LogP contribution in [0.25, 0.3) is 10.2 Å². The Balaban J connectivity index is 1.31. The number of thioether (sulfide) groups is 1. The molecular weight excluding hydrogens is 402 g/mol. The molecule has 5 nitrogen and oxygen atoms in total. The van der Waals surface area contributed by atoms with Crippen molar-refractivity contribution in [3.63, 3.8) is 0 Å². The Morgan fingerprint density at radius 1 is 1.14 bits per heavy atom. The normalized spacial score (nSPS) is 19.0. The van der Waals surface area contributed by atoms with Gasteiger partial charge in [0.2, 0.25) is 11.8 Å². The lowest BCUT2D eigenvalue weighted by Gasteiger charge is -2.30. The molecule has 2 amide bonds. The van der Waals surface area contributed by atoms with Crippen molar-refractivity contribution in [2.75, 3.05) is 23.7 Å². The quantitative estimate of drug-likeness (QED) is 0.620. The van der Waals surface area contributed by atoms with Gasteiger partial charge in [0.25, 0.3) is 0 Å². The van der Waals surface area contributed by atoms with E-state index < -0.39 is 0 Å². The Labute approximate surface area is 177 Å². The molecule has 0 N–H and O–H groups in total. The van der Waals surface area contributed by atoms with Crippen molar-refractivity contribution in [3.8, 4) is 0 Å². The van der Waals surface area contributed by atoms with Gasteiger partial charge in [0.1, 0.15) is 5.01 Å². The molecule has 7 heteroatoms. The zero-order chi connectivity index (χ0) is 19.8.